The molecule has 1 aromatic heterocycles. The van der Waals surface area contributed by atoms with E-state index in [9.17, 15) is 19.8 Å². The monoisotopic (exact) mass is 427 g/mol. The van der Waals surface area contributed by atoms with Gasteiger partial charge in [0.2, 0.25) is 5.78 Å². The van der Waals surface area contributed by atoms with Crippen LogP contribution in [-0.4, -0.2) is 50.8 Å². The lowest BCUT2D eigenvalue weighted by atomic mass is 9.83. The van der Waals surface area contributed by atoms with Gasteiger partial charge in [-0.05, 0) is 31.5 Å². The number of H-pyrrole nitrogens is 1. The standard InChI is InChI=1S/C22H21N3O4.ClH/c23-12-5-7-25(8-6-12)10-11-9-24-18-15(11)21(28)16-17(22(18)29)20(27)14-4-2-1-3-13(14)19(16)26;/h1-4,9,12,24,26-27H,5-8,10,23H2;1H. The quantitative estimate of drug-likeness (QED) is 0.365. The van der Waals surface area contributed by atoms with Gasteiger partial charge in [0.15, 0.2) is 5.78 Å². The van der Waals surface area contributed by atoms with E-state index in [2.05, 4.69) is 9.88 Å². The zero-order valence-corrected chi connectivity index (χ0v) is 17.0. The molecule has 0 saturated carbocycles. The van der Waals surface area contributed by atoms with Crippen molar-refractivity contribution < 1.29 is 19.8 Å². The summed E-state index contributed by atoms with van der Waals surface area (Å²) in [5, 5.41) is 22.2. The van der Waals surface area contributed by atoms with E-state index in [1.54, 1.807) is 30.5 Å². The Morgan fingerprint density at radius 3 is 2.13 bits per heavy atom. The number of rotatable bonds is 2. The lowest BCUT2D eigenvalue weighted by molar-refractivity contribution is 0.0971. The molecule has 0 unspecified atom stereocenters. The van der Waals surface area contributed by atoms with Crippen LogP contribution in [0.2, 0.25) is 0 Å². The molecule has 0 spiro atoms. The average molecular weight is 428 g/mol. The molecule has 8 heteroatoms. The van der Waals surface area contributed by atoms with Gasteiger partial charge in [-0.25, -0.2) is 0 Å². The molecule has 1 aliphatic carbocycles. The predicted octanol–water partition coefficient (Wildman–Crippen LogP) is 2.70. The zero-order chi connectivity index (χ0) is 20.3. The molecule has 1 saturated heterocycles. The van der Waals surface area contributed by atoms with E-state index >= 15 is 0 Å². The number of hydrogen-bond donors (Lipinski definition) is 4. The number of ketones is 2. The first-order valence-corrected chi connectivity index (χ1v) is 9.71. The van der Waals surface area contributed by atoms with Crippen molar-refractivity contribution in [1.29, 1.82) is 0 Å². The van der Waals surface area contributed by atoms with E-state index in [0.717, 1.165) is 25.9 Å². The summed E-state index contributed by atoms with van der Waals surface area (Å²) in [5.74, 6) is -1.48. The smallest absolute Gasteiger partial charge is 0.214 e. The minimum absolute atomic E-state index is 0. The number of nitrogens with one attached hydrogen (secondary N) is 1. The molecule has 2 aliphatic rings. The van der Waals surface area contributed by atoms with Crippen LogP contribution in [0.4, 0.5) is 0 Å². The summed E-state index contributed by atoms with van der Waals surface area (Å²) < 4.78 is 0. The van der Waals surface area contributed by atoms with Crippen LogP contribution in [0.3, 0.4) is 0 Å². The van der Waals surface area contributed by atoms with Gasteiger partial charge in [-0.3, -0.25) is 14.5 Å². The molecule has 30 heavy (non-hydrogen) atoms. The molecule has 0 amide bonds. The van der Waals surface area contributed by atoms with E-state index in [1.165, 1.54) is 0 Å². The number of aromatic hydroxyl groups is 2. The molecule has 0 atom stereocenters. The average Bonchev–Trinajstić information content (AvgIpc) is 3.15. The second-order valence-corrected chi connectivity index (χ2v) is 7.83. The molecule has 3 aromatic rings. The number of carbonyl (C=O) groups is 2. The fraction of sp³-hybridized carbons (Fsp3) is 0.273. The van der Waals surface area contributed by atoms with Gasteiger partial charge in [0.05, 0.1) is 22.4 Å². The summed E-state index contributed by atoms with van der Waals surface area (Å²) in [6, 6.07) is 6.84. The van der Waals surface area contributed by atoms with Crippen molar-refractivity contribution in [2.24, 2.45) is 5.73 Å². The van der Waals surface area contributed by atoms with Crippen molar-refractivity contribution in [1.82, 2.24) is 9.88 Å². The Morgan fingerprint density at radius 2 is 1.53 bits per heavy atom. The number of nitrogens with zero attached hydrogens (tertiary/aromatic N) is 1. The Hall–Kier alpha value is -2.87. The molecule has 1 fully saturated rings. The van der Waals surface area contributed by atoms with E-state index in [1.807, 2.05) is 0 Å². The molecule has 2 heterocycles. The Kier molecular flexibility index (Phi) is 5.05. The highest BCUT2D eigenvalue weighted by atomic mass is 35.5. The Morgan fingerprint density at radius 1 is 0.967 bits per heavy atom. The number of fused-ring (bicyclic) bond motifs is 3. The van der Waals surface area contributed by atoms with Crippen LogP contribution in [0.5, 0.6) is 11.5 Å². The van der Waals surface area contributed by atoms with Crippen LogP contribution in [0.25, 0.3) is 10.8 Å². The molecule has 2 aromatic carbocycles. The second kappa shape index (κ2) is 7.43. The molecular formula is C22H22ClN3O4. The third-order valence-corrected chi connectivity index (χ3v) is 6.06. The van der Waals surface area contributed by atoms with Crippen LogP contribution in [0.15, 0.2) is 30.5 Å². The Bertz CT molecular complexity index is 1180. The first-order chi connectivity index (χ1) is 14.0. The number of nitrogens with two attached hydrogens (primary N) is 1. The molecule has 156 valence electrons. The third-order valence-electron chi connectivity index (χ3n) is 6.06. The molecule has 0 radical (unpaired) electrons. The van der Waals surface area contributed by atoms with Gasteiger partial charge in [0.1, 0.15) is 11.5 Å². The number of carbonyl (C=O) groups excluding carboxylic acids is 2. The highest BCUT2D eigenvalue weighted by molar-refractivity contribution is 6.32. The Balaban J connectivity index is 0.00000218. The summed E-state index contributed by atoms with van der Waals surface area (Å²) in [7, 11) is 0. The summed E-state index contributed by atoms with van der Waals surface area (Å²) in [4.78, 5) is 31.6. The van der Waals surface area contributed by atoms with Crippen molar-refractivity contribution in [3.8, 4) is 11.5 Å². The topological polar surface area (TPSA) is 120 Å². The fourth-order valence-electron chi connectivity index (χ4n) is 4.47. The van der Waals surface area contributed by atoms with Crippen molar-refractivity contribution in [3.63, 3.8) is 0 Å². The van der Waals surface area contributed by atoms with Gasteiger partial charge in [0.25, 0.3) is 0 Å². The van der Waals surface area contributed by atoms with Gasteiger partial charge in [0, 0.05) is 29.6 Å². The number of piperidine rings is 1. The zero-order valence-electron chi connectivity index (χ0n) is 16.1. The SMILES string of the molecule is Cl.NC1CCN(Cc2c[nH]c3c2C(=O)c2c(c(O)c4ccccc4c2O)C3=O)CC1. The number of halogens is 1. The number of likely N-dealkylation sites (tertiary alicyclic amines) is 1. The lowest BCUT2D eigenvalue weighted by Crippen LogP contribution is -2.39. The van der Waals surface area contributed by atoms with E-state index in [-0.39, 0.29) is 52.3 Å². The minimum atomic E-state index is -0.486. The summed E-state index contributed by atoms with van der Waals surface area (Å²) in [5.41, 5.74) is 6.86. The molecular weight excluding hydrogens is 406 g/mol. The molecule has 0 bridgehead atoms. The number of aromatic amines is 1. The number of phenolic OH excluding ortho intramolecular Hbond substituents is 2. The summed E-state index contributed by atoms with van der Waals surface area (Å²) in [6.45, 7) is 2.18. The van der Waals surface area contributed by atoms with Gasteiger partial charge < -0.3 is 20.9 Å². The first-order valence-electron chi connectivity index (χ1n) is 9.71. The van der Waals surface area contributed by atoms with Crippen molar-refractivity contribution in [2.45, 2.75) is 25.4 Å². The highest BCUT2D eigenvalue weighted by Crippen LogP contribution is 2.44. The first kappa shape index (κ1) is 20.4. The van der Waals surface area contributed by atoms with E-state index in [0.29, 0.717) is 22.9 Å². The number of hydrogen-bond acceptors (Lipinski definition) is 6. The highest BCUT2D eigenvalue weighted by Gasteiger charge is 2.39. The van der Waals surface area contributed by atoms with Crippen LogP contribution in [0.1, 0.15) is 50.4 Å². The lowest BCUT2D eigenvalue weighted by Gasteiger charge is -2.30. The maximum Gasteiger partial charge on any atom is 0.214 e. The molecule has 7 nitrogen and oxygen atoms in total. The molecule has 5 rings (SSSR count). The van der Waals surface area contributed by atoms with Gasteiger partial charge in [-0.15, -0.1) is 12.4 Å². The van der Waals surface area contributed by atoms with Gasteiger partial charge in [-0.2, -0.15) is 0 Å². The fourth-order valence-corrected chi connectivity index (χ4v) is 4.47. The third kappa shape index (κ3) is 2.89. The van der Waals surface area contributed by atoms with Crippen molar-refractivity contribution in [3.05, 3.63) is 58.4 Å². The van der Waals surface area contributed by atoms with Crippen LogP contribution in [0, 0.1) is 0 Å². The number of benzene rings is 2. The molecule has 5 N–H and O–H groups in total. The summed E-state index contributed by atoms with van der Waals surface area (Å²) in [6.07, 6.45) is 3.46. The van der Waals surface area contributed by atoms with Gasteiger partial charge in [-0.1, -0.05) is 24.3 Å². The maximum atomic E-state index is 13.4. The summed E-state index contributed by atoms with van der Waals surface area (Å²) >= 11 is 0. The number of phenols is 2. The van der Waals surface area contributed by atoms with Crippen molar-refractivity contribution >= 4 is 34.7 Å². The minimum Gasteiger partial charge on any atom is -0.506 e. The van der Waals surface area contributed by atoms with Crippen LogP contribution in [-0.2, 0) is 6.54 Å². The second-order valence-electron chi connectivity index (χ2n) is 7.83. The Labute approximate surface area is 178 Å². The van der Waals surface area contributed by atoms with E-state index in [4.69, 9.17) is 5.73 Å². The van der Waals surface area contributed by atoms with Gasteiger partial charge >= 0.3 is 0 Å². The predicted molar refractivity (Wildman–Crippen MR) is 115 cm³/mol. The van der Waals surface area contributed by atoms with Crippen LogP contribution >= 0.6 is 12.4 Å². The van der Waals surface area contributed by atoms with Crippen LogP contribution < -0.4 is 5.73 Å². The largest absolute Gasteiger partial charge is 0.506 e. The van der Waals surface area contributed by atoms with Crippen molar-refractivity contribution in [2.75, 3.05) is 13.1 Å². The normalized spacial score (nSPS) is 17.0. The number of aromatic nitrogens is 1. The maximum absolute atomic E-state index is 13.4. The molecule has 1 aliphatic heterocycles. The van der Waals surface area contributed by atoms with E-state index < -0.39 is 11.6 Å².